The first-order chi connectivity index (χ1) is 10.4. The van der Waals surface area contributed by atoms with Crippen LogP contribution in [0.15, 0.2) is 0 Å². The summed E-state index contributed by atoms with van der Waals surface area (Å²) in [5.74, 6) is -1.07. The number of carbonyl (C=O) groups is 1. The SMILES string of the molecule is CCCC1CCC(OC(=O)C2CCC(C(F)(F)F)CC2)CC1. The summed E-state index contributed by atoms with van der Waals surface area (Å²) < 4.78 is 43.4. The molecule has 128 valence electrons. The monoisotopic (exact) mass is 320 g/mol. The Labute approximate surface area is 130 Å². The van der Waals surface area contributed by atoms with E-state index in [4.69, 9.17) is 4.74 Å². The molecule has 0 heterocycles. The Morgan fingerprint density at radius 3 is 2.09 bits per heavy atom. The van der Waals surface area contributed by atoms with Gasteiger partial charge in [0.05, 0.1) is 11.8 Å². The molecule has 0 aromatic rings. The van der Waals surface area contributed by atoms with Crippen molar-refractivity contribution < 1.29 is 22.7 Å². The van der Waals surface area contributed by atoms with Crippen molar-refractivity contribution in [1.29, 1.82) is 0 Å². The maximum Gasteiger partial charge on any atom is 0.391 e. The van der Waals surface area contributed by atoms with Crippen LogP contribution in [-0.4, -0.2) is 18.2 Å². The summed E-state index contributed by atoms with van der Waals surface area (Å²) in [5.41, 5.74) is 0. The predicted molar refractivity (Wildman–Crippen MR) is 78.2 cm³/mol. The van der Waals surface area contributed by atoms with Crippen LogP contribution in [0, 0.1) is 17.8 Å². The van der Waals surface area contributed by atoms with Crippen molar-refractivity contribution in [2.45, 2.75) is 83.4 Å². The van der Waals surface area contributed by atoms with Crippen molar-refractivity contribution in [3.63, 3.8) is 0 Å². The van der Waals surface area contributed by atoms with Gasteiger partial charge in [-0.3, -0.25) is 4.79 Å². The molecule has 0 spiro atoms. The maximum atomic E-state index is 12.6. The zero-order valence-electron chi connectivity index (χ0n) is 13.3. The lowest BCUT2D eigenvalue weighted by Crippen LogP contribution is -2.33. The molecule has 2 saturated carbocycles. The first kappa shape index (κ1) is 17.6. The minimum absolute atomic E-state index is 0.0130. The molecule has 0 N–H and O–H groups in total. The smallest absolute Gasteiger partial charge is 0.391 e. The van der Waals surface area contributed by atoms with Crippen molar-refractivity contribution in [1.82, 2.24) is 0 Å². The Kier molecular flexibility index (Phi) is 6.16. The van der Waals surface area contributed by atoms with Gasteiger partial charge in [0.15, 0.2) is 0 Å². The number of rotatable bonds is 4. The molecule has 2 nitrogen and oxygen atoms in total. The highest BCUT2D eigenvalue weighted by molar-refractivity contribution is 5.72. The first-order valence-corrected chi connectivity index (χ1v) is 8.67. The minimum Gasteiger partial charge on any atom is -0.462 e. The summed E-state index contributed by atoms with van der Waals surface area (Å²) >= 11 is 0. The van der Waals surface area contributed by atoms with Crippen LogP contribution in [0.2, 0.25) is 0 Å². The molecule has 0 radical (unpaired) electrons. The maximum absolute atomic E-state index is 12.6. The third-order valence-electron chi connectivity index (χ3n) is 5.30. The third-order valence-corrected chi connectivity index (χ3v) is 5.30. The highest BCUT2D eigenvalue weighted by Gasteiger charge is 2.43. The Morgan fingerprint density at radius 1 is 1.00 bits per heavy atom. The van der Waals surface area contributed by atoms with Gasteiger partial charge in [0.1, 0.15) is 6.10 Å². The molecular weight excluding hydrogens is 293 g/mol. The van der Waals surface area contributed by atoms with Gasteiger partial charge in [-0.05, 0) is 57.3 Å². The van der Waals surface area contributed by atoms with Crippen molar-refractivity contribution in [3.05, 3.63) is 0 Å². The second kappa shape index (κ2) is 7.69. The third kappa shape index (κ3) is 4.88. The predicted octanol–water partition coefficient (Wildman–Crippen LogP) is 5.26. The number of hydrogen-bond donors (Lipinski definition) is 0. The van der Waals surface area contributed by atoms with Crippen molar-refractivity contribution in [2.24, 2.45) is 17.8 Å². The first-order valence-electron chi connectivity index (χ1n) is 8.67. The molecular formula is C17H27F3O2. The summed E-state index contributed by atoms with van der Waals surface area (Å²) in [6, 6.07) is 0. The Bertz CT molecular complexity index is 351. The molecule has 0 aromatic carbocycles. The molecule has 2 fully saturated rings. The number of esters is 1. The van der Waals surface area contributed by atoms with Crippen LogP contribution in [0.5, 0.6) is 0 Å². The highest BCUT2D eigenvalue weighted by atomic mass is 19.4. The highest BCUT2D eigenvalue weighted by Crippen LogP contribution is 2.40. The van der Waals surface area contributed by atoms with Crippen LogP contribution in [-0.2, 0) is 9.53 Å². The van der Waals surface area contributed by atoms with Gasteiger partial charge >= 0.3 is 12.1 Å². The Morgan fingerprint density at radius 2 is 1.59 bits per heavy atom. The molecule has 5 heteroatoms. The lowest BCUT2D eigenvalue weighted by atomic mass is 9.81. The second-order valence-electron chi connectivity index (χ2n) is 6.96. The molecule has 0 atom stereocenters. The molecule has 2 aliphatic rings. The number of alkyl halides is 3. The van der Waals surface area contributed by atoms with Gasteiger partial charge in [-0.1, -0.05) is 19.8 Å². The van der Waals surface area contributed by atoms with Crippen LogP contribution in [0.4, 0.5) is 13.2 Å². The van der Waals surface area contributed by atoms with Crippen LogP contribution in [0.3, 0.4) is 0 Å². The number of ether oxygens (including phenoxy) is 1. The molecule has 2 rings (SSSR count). The topological polar surface area (TPSA) is 26.3 Å². The van der Waals surface area contributed by atoms with E-state index < -0.39 is 12.1 Å². The Hall–Kier alpha value is -0.740. The zero-order chi connectivity index (χ0) is 16.2. The van der Waals surface area contributed by atoms with Gasteiger partial charge in [-0.15, -0.1) is 0 Å². The standard InChI is InChI=1S/C17H27F3O2/c1-2-3-12-4-10-15(11-5-12)22-16(21)13-6-8-14(9-7-13)17(18,19)20/h12-15H,2-11H2,1H3. The molecule has 0 unspecified atom stereocenters. The van der Waals surface area contributed by atoms with Gasteiger partial charge in [0, 0.05) is 0 Å². The molecule has 0 aliphatic heterocycles. The normalized spacial score (nSPS) is 33.5. The molecule has 0 amide bonds. The van der Waals surface area contributed by atoms with Gasteiger partial charge in [0.2, 0.25) is 0 Å². The van der Waals surface area contributed by atoms with Crippen LogP contribution >= 0.6 is 0 Å². The summed E-state index contributed by atoms with van der Waals surface area (Å²) in [4.78, 5) is 12.1. The Balaban J connectivity index is 1.71. The van der Waals surface area contributed by atoms with Crippen LogP contribution in [0.25, 0.3) is 0 Å². The van der Waals surface area contributed by atoms with E-state index in [1.807, 2.05) is 0 Å². The fraction of sp³-hybridized carbons (Fsp3) is 0.941. The lowest BCUT2D eigenvalue weighted by Gasteiger charge is -2.32. The largest absolute Gasteiger partial charge is 0.462 e. The molecule has 0 aromatic heterocycles. The number of carbonyl (C=O) groups excluding carboxylic acids is 1. The van der Waals surface area contributed by atoms with E-state index in [2.05, 4.69) is 6.92 Å². The van der Waals surface area contributed by atoms with Crippen molar-refractivity contribution in [3.8, 4) is 0 Å². The van der Waals surface area contributed by atoms with Gasteiger partial charge in [-0.2, -0.15) is 13.2 Å². The van der Waals surface area contributed by atoms with E-state index in [1.165, 1.54) is 12.8 Å². The summed E-state index contributed by atoms with van der Waals surface area (Å²) in [6.45, 7) is 2.18. The second-order valence-corrected chi connectivity index (χ2v) is 6.96. The average molecular weight is 320 g/mol. The molecule has 0 saturated heterocycles. The van der Waals surface area contributed by atoms with E-state index in [1.54, 1.807) is 0 Å². The molecule has 0 bridgehead atoms. The number of halogens is 3. The summed E-state index contributed by atoms with van der Waals surface area (Å²) in [5, 5.41) is 0. The van der Waals surface area contributed by atoms with E-state index in [9.17, 15) is 18.0 Å². The van der Waals surface area contributed by atoms with Crippen LogP contribution < -0.4 is 0 Å². The van der Waals surface area contributed by atoms with E-state index in [0.717, 1.165) is 31.6 Å². The minimum atomic E-state index is -4.12. The fourth-order valence-electron chi connectivity index (χ4n) is 3.86. The average Bonchev–Trinajstić information content (AvgIpc) is 2.49. The van der Waals surface area contributed by atoms with Gasteiger partial charge in [0.25, 0.3) is 0 Å². The van der Waals surface area contributed by atoms with Crippen molar-refractivity contribution in [2.75, 3.05) is 0 Å². The summed E-state index contributed by atoms with van der Waals surface area (Å²) in [7, 11) is 0. The van der Waals surface area contributed by atoms with E-state index >= 15 is 0 Å². The van der Waals surface area contributed by atoms with Crippen LogP contribution in [0.1, 0.15) is 71.1 Å². The van der Waals surface area contributed by atoms with E-state index in [0.29, 0.717) is 12.8 Å². The fourth-order valence-corrected chi connectivity index (χ4v) is 3.86. The van der Waals surface area contributed by atoms with Gasteiger partial charge in [-0.25, -0.2) is 0 Å². The molecule has 2 aliphatic carbocycles. The van der Waals surface area contributed by atoms with Crippen molar-refractivity contribution >= 4 is 5.97 Å². The summed E-state index contributed by atoms with van der Waals surface area (Å²) in [6.07, 6.45) is 3.08. The zero-order valence-corrected chi connectivity index (χ0v) is 13.3. The van der Waals surface area contributed by atoms with Gasteiger partial charge < -0.3 is 4.74 Å². The lowest BCUT2D eigenvalue weighted by molar-refractivity contribution is -0.187. The number of hydrogen-bond acceptors (Lipinski definition) is 2. The molecule has 22 heavy (non-hydrogen) atoms. The van der Waals surface area contributed by atoms with E-state index in [-0.39, 0.29) is 30.8 Å². The quantitative estimate of drug-likeness (QED) is 0.661.